The van der Waals surface area contributed by atoms with E-state index >= 15 is 0 Å². The van der Waals surface area contributed by atoms with Crippen molar-refractivity contribution in [3.63, 3.8) is 0 Å². The van der Waals surface area contributed by atoms with Crippen LogP contribution in [-0.4, -0.2) is 37.1 Å². The first kappa shape index (κ1) is 10.8. The molecule has 78 valence electrons. The summed E-state index contributed by atoms with van der Waals surface area (Å²) < 4.78 is 0. The summed E-state index contributed by atoms with van der Waals surface area (Å²) in [5.74, 6) is 0.888. The van der Waals surface area contributed by atoms with Crippen molar-refractivity contribution < 1.29 is 0 Å². The van der Waals surface area contributed by atoms with Crippen molar-refractivity contribution in [2.75, 3.05) is 38.2 Å². The van der Waals surface area contributed by atoms with Gasteiger partial charge in [-0.25, -0.2) is 4.98 Å². The van der Waals surface area contributed by atoms with Crippen LogP contribution >= 0.6 is 0 Å². The quantitative estimate of drug-likeness (QED) is 0.749. The number of hydrogen-bond acceptors (Lipinski definition) is 4. The first-order valence-electron chi connectivity index (χ1n) is 4.71. The molecule has 0 saturated heterocycles. The maximum Gasteiger partial charge on any atom is 0.126 e. The molecular formula is C10H18N4. The Kier molecular flexibility index (Phi) is 3.71. The minimum Gasteiger partial charge on any atom is -0.397 e. The molecule has 0 aromatic carbocycles. The molecule has 0 atom stereocenters. The van der Waals surface area contributed by atoms with Gasteiger partial charge in [-0.3, -0.25) is 0 Å². The maximum atomic E-state index is 5.67. The van der Waals surface area contributed by atoms with E-state index in [-0.39, 0.29) is 0 Å². The third kappa shape index (κ3) is 3.22. The number of rotatable bonds is 4. The number of hydrogen-bond donors (Lipinski definition) is 2. The Bertz CT molecular complexity index is 296. The average Bonchev–Trinajstić information content (AvgIpc) is 2.10. The molecule has 0 spiro atoms. The van der Waals surface area contributed by atoms with Crippen LogP contribution in [-0.2, 0) is 0 Å². The highest BCUT2D eigenvalue weighted by Crippen LogP contribution is 2.11. The molecule has 1 aromatic rings. The molecule has 0 aliphatic carbocycles. The van der Waals surface area contributed by atoms with Gasteiger partial charge in [-0.1, -0.05) is 0 Å². The van der Waals surface area contributed by atoms with E-state index in [4.69, 9.17) is 5.73 Å². The van der Waals surface area contributed by atoms with Crippen molar-refractivity contribution in [3.05, 3.63) is 17.8 Å². The van der Waals surface area contributed by atoms with Crippen LogP contribution < -0.4 is 11.1 Å². The van der Waals surface area contributed by atoms with Crippen molar-refractivity contribution >= 4 is 11.5 Å². The van der Waals surface area contributed by atoms with Gasteiger partial charge in [0.15, 0.2) is 0 Å². The van der Waals surface area contributed by atoms with Crippen molar-refractivity contribution in [2.45, 2.75) is 6.92 Å². The smallest absolute Gasteiger partial charge is 0.126 e. The summed E-state index contributed by atoms with van der Waals surface area (Å²) in [7, 11) is 4.09. The van der Waals surface area contributed by atoms with Crippen LogP contribution in [0, 0.1) is 6.92 Å². The number of pyridine rings is 1. The number of nitrogens with one attached hydrogen (secondary N) is 1. The summed E-state index contributed by atoms with van der Waals surface area (Å²) in [5, 5.41) is 3.24. The third-order valence-electron chi connectivity index (χ3n) is 1.99. The monoisotopic (exact) mass is 194 g/mol. The molecule has 1 rings (SSSR count). The zero-order valence-electron chi connectivity index (χ0n) is 9.04. The van der Waals surface area contributed by atoms with Gasteiger partial charge in [-0.05, 0) is 33.2 Å². The van der Waals surface area contributed by atoms with E-state index in [1.54, 1.807) is 0 Å². The molecule has 0 radical (unpaired) electrons. The standard InChI is InChI=1S/C10H18N4/c1-8-9(11)4-5-10(13-8)12-6-7-14(2)3/h4-5H,6-7,11H2,1-3H3,(H,12,13). The molecular weight excluding hydrogens is 176 g/mol. The van der Waals surface area contributed by atoms with Gasteiger partial charge >= 0.3 is 0 Å². The van der Waals surface area contributed by atoms with Crippen LogP contribution in [0.5, 0.6) is 0 Å². The lowest BCUT2D eigenvalue weighted by Crippen LogP contribution is -2.21. The van der Waals surface area contributed by atoms with E-state index in [9.17, 15) is 0 Å². The fraction of sp³-hybridized carbons (Fsp3) is 0.500. The van der Waals surface area contributed by atoms with Gasteiger partial charge in [-0.2, -0.15) is 0 Å². The lowest BCUT2D eigenvalue weighted by atomic mass is 10.3. The van der Waals surface area contributed by atoms with E-state index in [0.29, 0.717) is 0 Å². The van der Waals surface area contributed by atoms with E-state index in [1.807, 2.05) is 33.2 Å². The molecule has 0 bridgehead atoms. The van der Waals surface area contributed by atoms with Crippen LogP contribution in [0.1, 0.15) is 5.69 Å². The Morgan fingerprint density at radius 2 is 2.14 bits per heavy atom. The first-order chi connectivity index (χ1) is 6.59. The zero-order valence-corrected chi connectivity index (χ0v) is 9.04. The van der Waals surface area contributed by atoms with E-state index in [1.165, 1.54) is 0 Å². The minimum atomic E-state index is 0.739. The third-order valence-corrected chi connectivity index (χ3v) is 1.99. The van der Waals surface area contributed by atoms with Crippen LogP contribution in [0.4, 0.5) is 11.5 Å². The second-order valence-electron chi connectivity index (χ2n) is 3.60. The normalized spacial score (nSPS) is 10.6. The number of aryl methyl sites for hydroxylation is 1. The molecule has 14 heavy (non-hydrogen) atoms. The lowest BCUT2D eigenvalue weighted by Gasteiger charge is -2.11. The number of anilines is 2. The van der Waals surface area contributed by atoms with Crippen molar-refractivity contribution in [1.82, 2.24) is 9.88 Å². The molecule has 0 aliphatic heterocycles. The Hall–Kier alpha value is -1.29. The molecule has 1 heterocycles. The van der Waals surface area contributed by atoms with E-state index in [2.05, 4.69) is 15.2 Å². The van der Waals surface area contributed by atoms with Gasteiger partial charge in [0.1, 0.15) is 5.82 Å². The number of nitrogens with two attached hydrogens (primary N) is 1. The Balaban J connectivity index is 2.47. The van der Waals surface area contributed by atoms with Gasteiger partial charge in [0, 0.05) is 13.1 Å². The van der Waals surface area contributed by atoms with Crippen LogP contribution in [0.25, 0.3) is 0 Å². The Labute approximate surface area is 85.1 Å². The minimum absolute atomic E-state index is 0.739. The molecule has 0 amide bonds. The molecule has 0 saturated carbocycles. The molecule has 0 aliphatic rings. The highest BCUT2D eigenvalue weighted by atomic mass is 15.1. The maximum absolute atomic E-state index is 5.67. The predicted octanol–water partition coefficient (Wildman–Crippen LogP) is 0.946. The number of nitrogens with zero attached hydrogens (tertiary/aromatic N) is 2. The summed E-state index contributed by atoms with van der Waals surface area (Å²) >= 11 is 0. The van der Waals surface area contributed by atoms with Crippen LogP contribution in [0.15, 0.2) is 12.1 Å². The van der Waals surface area contributed by atoms with Crippen molar-refractivity contribution in [3.8, 4) is 0 Å². The topological polar surface area (TPSA) is 54.2 Å². The van der Waals surface area contributed by atoms with Gasteiger partial charge in [-0.15, -0.1) is 0 Å². The summed E-state index contributed by atoms with van der Waals surface area (Å²) in [6, 6.07) is 3.78. The fourth-order valence-corrected chi connectivity index (χ4v) is 1.08. The average molecular weight is 194 g/mol. The predicted molar refractivity (Wildman–Crippen MR) is 60.4 cm³/mol. The van der Waals surface area contributed by atoms with Crippen molar-refractivity contribution in [1.29, 1.82) is 0 Å². The van der Waals surface area contributed by atoms with Gasteiger partial charge in [0.2, 0.25) is 0 Å². The van der Waals surface area contributed by atoms with Crippen molar-refractivity contribution in [2.24, 2.45) is 0 Å². The van der Waals surface area contributed by atoms with E-state index < -0.39 is 0 Å². The second kappa shape index (κ2) is 4.81. The van der Waals surface area contributed by atoms with Gasteiger partial charge in [0.05, 0.1) is 11.4 Å². The Morgan fingerprint density at radius 3 is 2.71 bits per heavy atom. The van der Waals surface area contributed by atoms with Gasteiger partial charge in [0.25, 0.3) is 0 Å². The SMILES string of the molecule is Cc1nc(NCCN(C)C)ccc1N. The summed E-state index contributed by atoms with van der Waals surface area (Å²) in [4.78, 5) is 6.44. The summed E-state index contributed by atoms with van der Waals surface area (Å²) in [5.41, 5.74) is 7.28. The zero-order chi connectivity index (χ0) is 10.6. The lowest BCUT2D eigenvalue weighted by molar-refractivity contribution is 0.425. The Morgan fingerprint density at radius 1 is 1.43 bits per heavy atom. The number of nitrogen functional groups attached to an aromatic ring is 1. The summed E-state index contributed by atoms with van der Waals surface area (Å²) in [6.45, 7) is 3.79. The number of likely N-dealkylation sites (N-methyl/N-ethyl adjacent to an activating group) is 1. The van der Waals surface area contributed by atoms with Crippen LogP contribution in [0.2, 0.25) is 0 Å². The molecule has 4 heteroatoms. The first-order valence-corrected chi connectivity index (χ1v) is 4.71. The second-order valence-corrected chi connectivity index (χ2v) is 3.60. The highest BCUT2D eigenvalue weighted by Gasteiger charge is 1.97. The molecule has 0 unspecified atom stereocenters. The molecule has 3 N–H and O–H groups in total. The molecule has 0 fully saturated rings. The largest absolute Gasteiger partial charge is 0.397 e. The molecule has 4 nitrogen and oxygen atoms in total. The van der Waals surface area contributed by atoms with Gasteiger partial charge < -0.3 is 16.0 Å². The highest BCUT2D eigenvalue weighted by molar-refractivity contribution is 5.48. The fourth-order valence-electron chi connectivity index (χ4n) is 1.08. The summed E-state index contributed by atoms with van der Waals surface area (Å²) in [6.07, 6.45) is 0. The number of aromatic nitrogens is 1. The molecule has 1 aromatic heterocycles. The van der Waals surface area contributed by atoms with Crippen LogP contribution in [0.3, 0.4) is 0 Å². The van der Waals surface area contributed by atoms with E-state index in [0.717, 1.165) is 30.3 Å².